The van der Waals surface area contributed by atoms with E-state index in [1.807, 2.05) is 18.3 Å². The first-order valence-electron chi connectivity index (χ1n) is 10.5. The molecule has 36 heavy (non-hydrogen) atoms. The van der Waals surface area contributed by atoms with Crippen LogP contribution >= 0.6 is 0 Å². The Bertz CT molecular complexity index is 930. The molecule has 2 aliphatic heterocycles. The highest BCUT2D eigenvalue weighted by molar-refractivity contribution is 7.88. The number of hydrogen-bond acceptors (Lipinski definition) is 6. The summed E-state index contributed by atoms with van der Waals surface area (Å²) in [6.45, 7) is 4.50. The zero-order chi connectivity index (χ0) is 27.8. The molecular formula is C20H27F6N3O6S. The van der Waals surface area contributed by atoms with Crippen molar-refractivity contribution in [3.8, 4) is 0 Å². The number of piperidine rings is 2. The fourth-order valence-electron chi connectivity index (χ4n) is 3.70. The van der Waals surface area contributed by atoms with Gasteiger partial charge in [0.05, 0.1) is 11.9 Å². The van der Waals surface area contributed by atoms with Crippen molar-refractivity contribution in [2.75, 3.05) is 32.4 Å². The van der Waals surface area contributed by atoms with Crippen LogP contribution in [0.4, 0.5) is 26.3 Å². The molecular weight excluding hydrogens is 524 g/mol. The predicted octanol–water partition coefficient (Wildman–Crippen LogP) is 2.99. The summed E-state index contributed by atoms with van der Waals surface area (Å²) in [6.07, 6.45) is -2.62. The van der Waals surface area contributed by atoms with Crippen LogP contribution in [0.1, 0.15) is 31.4 Å². The van der Waals surface area contributed by atoms with E-state index in [4.69, 9.17) is 19.8 Å². The number of aliphatic carboxylic acids is 2. The Morgan fingerprint density at radius 3 is 1.67 bits per heavy atom. The SMILES string of the molecule is CS(=O)(=O)N1CCC2(CCN(Cc3ccccn3)CC2)CC1.O=C(O)C(F)(F)F.O=C(O)C(F)(F)F. The molecule has 0 atom stereocenters. The highest BCUT2D eigenvalue weighted by Gasteiger charge is 2.40. The summed E-state index contributed by atoms with van der Waals surface area (Å²) in [5.74, 6) is -5.51. The maximum Gasteiger partial charge on any atom is 0.490 e. The molecule has 1 aromatic rings. The van der Waals surface area contributed by atoms with Crippen LogP contribution in [0.15, 0.2) is 24.4 Å². The first-order valence-corrected chi connectivity index (χ1v) is 12.4. The molecule has 1 spiro atoms. The van der Waals surface area contributed by atoms with Crippen LogP contribution in [0, 0.1) is 5.41 Å². The van der Waals surface area contributed by atoms with Gasteiger partial charge in [-0.05, 0) is 56.3 Å². The lowest BCUT2D eigenvalue weighted by molar-refractivity contribution is -0.193. The van der Waals surface area contributed by atoms with Crippen molar-refractivity contribution < 1.29 is 54.6 Å². The third-order valence-electron chi connectivity index (χ3n) is 5.77. The van der Waals surface area contributed by atoms with Crippen molar-refractivity contribution in [3.05, 3.63) is 30.1 Å². The molecule has 0 saturated carbocycles. The number of carboxylic acids is 2. The zero-order valence-electron chi connectivity index (χ0n) is 19.2. The summed E-state index contributed by atoms with van der Waals surface area (Å²) in [4.78, 5) is 24.7. The number of alkyl halides is 6. The lowest BCUT2D eigenvalue weighted by atomic mass is 9.71. The van der Waals surface area contributed by atoms with Gasteiger partial charge in [-0.3, -0.25) is 9.88 Å². The van der Waals surface area contributed by atoms with Gasteiger partial charge in [0.1, 0.15) is 0 Å². The first-order chi connectivity index (χ1) is 16.4. The van der Waals surface area contributed by atoms with Crippen LogP contribution in [0.2, 0.25) is 0 Å². The van der Waals surface area contributed by atoms with E-state index in [0.29, 0.717) is 18.5 Å². The molecule has 0 amide bonds. The average molecular weight is 552 g/mol. The summed E-state index contributed by atoms with van der Waals surface area (Å²) < 4.78 is 88.4. The van der Waals surface area contributed by atoms with Crippen molar-refractivity contribution >= 4 is 22.0 Å². The number of nitrogens with zero attached hydrogens (tertiary/aromatic N) is 3. The molecule has 2 aliphatic rings. The third-order valence-corrected chi connectivity index (χ3v) is 7.07. The highest BCUT2D eigenvalue weighted by atomic mass is 32.2. The second-order valence-electron chi connectivity index (χ2n) is 8.37. The Balaban J connectivity index is 0.000000383. The topological polar surface area (TPSA) is 128 Å². The van der Waals surface area contributed by atoms with Crippen molar-refractivity contribution in [3.63, 3.8) is 0 Å². The Hall–Kier alpha value is -2.46. The monoisotopic (exact) mass is 551 g/mol. The van der Waals surface area contributed by atoms with E-state index in [0.717, 1.165) is 38.2 Å². The van der Waals surface area contributed by atoms with Crippen molar-refractivity contribution in [1.82, 2.24) is 14.2 Å². The van der Waals surface area contributed by atoms with Crippen molar-refractivity contribution in [2.24, 2.45) is 5.41 Å². The molecule has 2 saturated heterocycles. The second-order valence-corrected chi connectivity index (χ2v) is 10.3. The molecule has 1 aromatic heterocycles. The van der Waals surface area contributed by atoms with Crippen LogP contribution < -0.4 is 0 Å². The van der Waals surface area contributed by atoms with Crippen LogP contribution in [-0.4, -0.2) is 89.5 Å². The molecule has 0 aromatic carbocycles. The van der Waals surface area contributed by atoms with E-state index in [2.05, 4.69) is 16.0 Å². The van der Waals surface area contributed by atoms with E-state index < -0.39 is 34.3 Å². The summed E-state index contributed by atoms with van der Waals surface area (Å²) in [5, 5.41) is 14.2. The van der Waals surface area contributed by atoms with Gasteiger partial charge in [-0.25, -0.2) is 22.3 Å². The Labute approximate surface area is 203 Å². The summed E-state index contributed by atoms with van der Waals surface area (Å²) in [7, 11) is -3.02. The molecule has 0 aliphatic carbocycles. The lowest BCUT2D eigenvalue weighted by Crippen LogP contribution is -2.47. The minimum Gasteiger partial charge on any atom is -0.475 e. The van der Waals surface area contributed by atoms with Gasteiger partial charge in [0.25, 0.3) is 0 Å². The molecule has 0 bridgehead atoms. The van der Waals surface area contributed by atoms with Gasteiger partial charge in [0.2, 0.25) is 10.0 Å². The molecule has 3 heterocycles. The van der Waals surface area contributed by atoms with Crippen LogP contribution in [0.5, 0.6) is 0 Å². The minimum atomic E-state index is -5.08. The molecule has 206 valence electrons. The predicted molar refractivity (Wildman–Crippen MR) is 114 cm³/mol. The largest absolute Gasteiger partial charge is 0.490 e. The quantitative estimate of drug-likeness (QED) is 0.549. The normalized spacial score (nSPS) is 18.9. The van der Waals surface area contributed by atoms with Gasteiger partial charge in [0, 0.05) is 25.8 Å². The van der Waals surface area contributed by atoms with Crippen LogP contribution in [-0.2, 0) is 26.2 Å². The number of aromatic nitrogens is 1. The smallest absolute Gasteiger partial charge is 0.475 e. The summed E-state index contributed by atoms with van der Waals surface area (Å²) in [6, 6.07) is 6.06. The van der Waals surface area contributed by atoms with Crippen LogP contribution in [0.25, 0.3) is 0 Å². The highest BCUT2D eigenvalue weighted by Crippen LogP contribution is 2.41. The molecule has 0 unspecified atom stereocenters. The number of hydrogen-bond donors (Lipinski definition) is 2. The van der Waals surface area contributed by atoms with E-state index in [-0.39, 0.29) is 0 Å². The van der Waals surface area contributed by atoms with Crippen molar-refractivity contribution in [1.29, 1.82) is 0 Å². The van der Waals surface area contributed by atoms with Gasteiger partial charge in [0.15, 0.2) is 0 Å². The van der Waals surface area contributed by atoms with E-state index in [9.17, 15) is 34.8 Å². The van der Waals surface area contributed by atoms with Gasteiger partial charge < -0.3 is 10.2 Å². The van der Waals surface area contributed by atoms with Gasteiger partial charge in [-0.15, -0.1) is 0 Å². The van der Waals surface area contributed by atoms with Crippen LogP contribution in [0.3, 0.4) is 0 Å². The maximum absolute atomic E-state index is 11.6. The summed E-state index contributed by atoms with van der Waals surface area (Å²) >= 11 is 0. The number of likely N-dealkylation sites (tertiary alicyclic amines) is 1. The number of sulfonamides is 1. The molecule has 9 nitrogen and oxygen atoms in total. The number of carboxylic acid groups (broad SMARTS) is 2. The second kappa shape index (κ2) is 12.7. The van der Waals surface area contributed by atoms with E-state index >= 15 is 0 Å². The maximum atomic E-state index is 11.6. The summed E-state index contributed by atoms with van der Waals surface area (Å²) in [5.41, 5.74) is 1.49. The molecule has 0 radical (unpaired) electrons. The number of rotatable bonds is 3. The fourth-order valence-corrected chi connectivity index (χ4v) is 4.54. The molecule has 2 fully saturated rings. The van der Waals surface area contributed by atoms with Gasteiger partial charge in [-0.2, -0.15) is 26.3 Å². The number of carbonyl (C=O) groups is 2. The third kappa shape index (κ3) is 11.1. The van der Waals surface area contributed by atoms with Gasteiger partial charge in [-0.1, -0.05) is 6.07 Å². The van der Waals surface area contributed by atoms with E-state index in [1.54, 1.807) is 4.31 Å². The Morgan fingerprint density at radius 1 is 0.917 bits per heavy atom. The average Bonchev–Trinajstić information content (AvgIpc) is 2.75. The van der Waals surface area contributed by atoms with E-state index in [1.165, 1.54) is 19.1 Å². The Morgan fingerprint density at radius 2 is 1.33 bits per heavy atom. The molecule has 2 N–H and O–H groups in total. The van der Waals surface area contributed by atoms with Gasteiger partial charge >= 0.3 is 24.3 Å². The number of halogens is 6. The van der Waals surface area contributed by atoms with Crippen molar-refractivity contribution in [2.45, 2.75) is 44.6 Å². The minimum absolute atomic E-state index is 0.363. The lowest BCUT2D eigenvalue weighted by Gasteiger charge is -2.46. The standard InChI is InChI=1S/C16H25N3O2S.2C2HF3O2/c1-22(20,21)19-12-7-16(8-13-19)5-10-18(11-6-16)14-15-4-2-3-9-17-15;2*3-2(4,5)1(6)7/h2-4,9H,5-8,10-14H2,1H3;2*(H,6,7). The fraction of sp³-hybridized carbons (Fsp3) is 0.650. The molecule has 16 heteroatoms. The zero-order valence-corrected chi connectivity index (χ0v) is 20.0. The molecule has 3 rings (SSSR count). The Kier molecular flexibility index (Phi) is 11.1. The number of pyridine rings is 1. The first kappa shape index (κ1) is 31.6.